The van der Waals surface area contributed by atoms with Crippen LogP contribution < -0.4 is 10.9 Å². The van der Waals surface area contributed by atoms with Crippen molar-refractivity contribution >= 4 is 11.6 Å². The number of H-pyrrole nitrogens is 1. The molecule has 0 bridgehead atoms. The SMILES string of the molecule is Cc1ccc(F)c(NC(=O)CCc2c(C)[nH]c(=O)c(C#N)c2C)c1. The van der Waals surface area contributed by atoms with E-state index >= 15 is 0 Å². The molecule has 2 aromatic rings. The molecule has 0 aliphatic carbocycles. The van der Waals surface area contributed by atoms with E-state index in [2.05, 4.69) is 10.3 Å². The molecule has 24 heavy (non-hydrogen) atoms. The molecule has 1 aromatic carbocycles. The van der Waals surface area contributed by atoms with E-state index in [1.54, 1.807) is 26.0 Å². The summed E-state index contributed by atoms with van der Waals surface area (Å²) in [5.74, 6) is -0.819. The summed E-state index contributed by atoms with van der Waals surface area (Å²) in [6.45, 7) is 5.23. The minimum atomic E-state index is -0.489. The molecule has 0 atom stereocenters. The minimum Gasteiger partial charge on any atom is -0.325 e. The van der Waals surface area contributed by atoms with Crippen LogP contribution in [0.3, 0.4) is 0 Å². The number of hydrogen-bond donors (Lipinski definition) is 2. The first kappa shape index (κ1) is 17.4. The number of aromatic amines is 1. The van der Waals surface area contributed by atoms with E-state index in [-0.39, 0.29) is 23.6 Å². The third kappa shape index (κ3) is 3.69. The van der Waals surface area contributed by atoms with Crippen molar-refractivity contribution in [1.82, 2.24) is 4.98 Å². The topological polar surface area (TPSA) is 85.8 Å². The molecule has 5 nitrogen and oxygen atoms in total. The number of carbonyl (C=O) groups is 1. The minimum absolute atomic E-state index is 0.0562. The third-order valence-corrected chi connectivity index (χ3v) is 3.92. The molecular weight excluding hydrogens is 309 g/mol. The maximum Gasteiger partial charge on any atom is 0.266 e. The van der Waals surface area contributed by atoms with E-state index in [4.69, 9.17) is 5.26 Å². The van der Waals surface area contributed by atoms with Gasteiger partial charge in [0.05, 0.1) is 5.69 Å². The van der Waals surface area contributed by atoms with Crippen LogP contribution in [0, 0.1) is 37.9 Å². The molecule has 1 aromatic heterocycles. The van der Waals surface area contributed by atoms with E-state index in [0.717, 1.165) is 11.1 Å². The molecule has 2 rings (SSSR count). The fourth-order valence-electron chi connectivity index (χ4n) is 2.61. The Bertz CT molecular complexity index is 894. The zero-order chi connectivity index (χ0) is 17.9. The summed E-state index contributed by atoms with van der Waals surface area (Å²) in [4.78, 5) is 26.4. The fraction of sp³-hybridized carbons (Fsp3) is 0.278. The summed E-state index contributed by atoms with van der Waals surface area (Å²) in [6.07, 6.45) is 0.467. The number of nitrogens with one attached hydrogen (secondary N) is 2. The van der Waals surface area contributed by atoms with Gasteiger partial charge in [-0.15, -0.1) is 0 Å². The van der Waals surface area contributed by atoms with Gasteiger partial charge in [-0.25, -0.2) is 4.39 Å². The average molecular weight is 327 g/mol. The van der Waals surface area contributed by atoms with Crippen molar-refractivity contribution < 1.29 is 9.18 Å². The Hall–Kier alpha value is -2.94. The first-order chi connectivity index (χ1) is 11.3. The van der Waals surface area contributed by atoms with Gasteiger partial charge in [0.1, 0.15) is 17.4 Å². The van der Waals surface area contributed by atoms with E-state index in [1.807, 2.05) is 13.0 Å². The third-order valence-electron chi connectivity index (χ3n) is 3.92. The highest BCUT2D eigenvalue weighted by Gasteiger charge is 2.14. The number of benzene rings is 1. The second kappa shape index (κ2) is 7.09. The highest BCUT2D eigenvalue weighted by molar-refractivity contribution is 5.91. The van der Waals surface area contributed by atoms with E-state index in [0.29, 0.717) is 17.7 Å². The number of rotatable bonds is 4. The molecule has 0 aliphatic rings. The molecule has 124 valence electrons. The molecule has 0 fully saturated rings. The van der Waals surface area contributed by atoms with Crippen molar-refractivity contribution in [3.05, 3.63) is 62.3 Å². The first-order valence-electron chi connectivity index (χ1n) is 7.52. The number of aryl methyl sites for hydroxylation is 2. The summed E-state index contributed by atoms with van der Waals surface area (Å²) in [7, 11) is 0. The number of nitrogens with zero attached hydrogens (tertiary/aromatic N) is 1. The molecule has 2 N–H and O–H groups in total. The first-order valence-corrected chi connectivity index (χ1v) is 7.52. The van der Waals surface area contributed by atoms with Gasteiger partial charge < -0.3 is 10.3 Å². The molecule has 6 heteroatoms. The second-order valence-corrected chi connectivity index (χ2v) is 5.70. The zero-order valence-corrected chi connectivity index (χ0v) is 13.8. The number of carbonyl (C=O) groups excluding carboxylic acids is 1. The summed E-state index contributed by atoms with van der Waals surface area (Å²) in [6, 6.07) is 6.38. The van der Waals surface area contributed by atoms with Crippen LogP contribution in [0.15, 0.2) is 23.0 Å². The molecule has 0 aliphatic heterocycles. The number of hydrogen-bond acceptors (Lipinski definition) is 3. The van der Waals surface area contributed by atoms with Crippen LogP contribution in [0.4, 0.5) is 10.1 Å². The standard InChI is InChI=1S/C18H18FN3O2/c1-10-4-6-15(19)16(8-10)22-17(23)7-5-13-11(2)14(9-20)18(24)21-12(13)3/h4,6,8H,5,7H2,1-3H3,(H,21,24)(H,22,23). The Morgan fingerprint density at radius 2 is 2.04 bits per heavy atom. The summed E-state index contributed by atoms with van der Waals surface area (Å²) in [5, 5.41) is 11.6. The molecule has 0 unspecified atom stereocenters. The van der Waals surface area contributed by atoms with E-state index in [9.17, 15) is 14.0 Å². The van der Waals surface area contributed by atoms with Crippen molar-refractivity contribution in [1.29, 1.82) is 5.26 Å². The van der Waals surface area contributed by atoms with Gasteiger partial charge in [0, 0.05) is 12.1 Å². The summed E-state index contributed by atoms with van der Waals surface area (Å²) in [5.41, 5.74) is 2.58. The monoisotopic (exact) mass is 327 g/mol. The van der Waals surface area contributed by atoms with Crippen molar-refractivity contribution in [3.63, 3.8) is 0 Å². The zero-order valence-electron chi connectivity index (χ0n) is 13.8. The smallest absolute Gasteiger partial charge is 0.266 e. The molecule has 0 radical (unpaired) electrons. The van der Waals surface area contributed by atoms with Gasteiger partial charge in [-0.05, 0) is 56.0 Å². The lowest BCUT2D eigenvalue weighted by Crippen LogP contribution is -2.18. The average Bonchev–Trinajstić information content (AvgIpc) is 2.50. The number of anilines is 1. The number of halogens is 1. The molecular formula is C18H18FN3O2. The number of nitriles is 1. The Balaban J connectivity index is 2.14. The Morgan fingerprint density at radius 1 is 1.33 bits per heavy atom. The summed E-state index contributed by atoms with van der Waals surface area (Å²) < 4.78 is 13.7. The van der Waals surface area contributed by atoms with Crippen molar-refractivity contribution in [3.8, 4) is 6.07 Å². The maximum absolute atomic E-state index is 13.7. The number of pyridine rings is 1. The van der Waals surface area contributed by atoms with Gasteiger partial charge in [-0.1, -0.05) is 6.07 Å². The van der Waals surface area contributed by atoms with E-state index < -0.39 is 11.4 Å². The lowest BCUT2D eigenvalue weighted by atomic mass is 9.99. The fourth-order valence-corrected chi connectivity index (χ4v) is 2.61. The highest BCUT2D eigenvalue weighted by Crippen LogP contribution is 2.18. The van der Waals surface area contributed by atoms with Crippen LogP contribution in [0.2, 0.25) is 0 Å². The predicted molar refractivity (Wildman–Crippen MR) is 89.3 cm³/mol. The van der Waals surface area contributed by atoms with Crippen molar-refractivity contribution in [2.45, 2.75) is 33.6 Å². The van der Waals surface area contributed by atoms with Crippen LogP contribution in [-0.2, 0) is 11.2 Å². The van der Waals surface area contributed by atoms with Crippen LogP contribution in [-0.4, -0.2) is 10.9 Å². The molecule has 0 spiro atoms. The lowest BCUT2D eigenvalue weighted by Gasteiger charge is -2.11. The number of aromatic nitrogens is 1. The van der Waals surface area contributed by atoms with Gasteiger partial charge >= 0.3 is 0 Å². The normalized spacial score (nSPS) is 10.3. The maximum atomic E-state index is 13.7. The Labute approximate surface area is 139 Å². The highest BCUT2D eigenvalue weighted by atomic mass is 19.1. The summed E-state index contributed by atoms with van der Waals surface area (Å²) >= 11 is 0. The van der Waals surface area contributed by atoms with Crippen molar-refractivity contribution in [2.75, 3.05) is 5.32 Å². The van der Waals surface area contributed by atoms with E-state index in [1.165, 1.54) is 6.07 Å². The molecule has 1 amide bonds. The molecule has 0 saturated heterocycles. The second-order valence-electron chi connectivity index (χ2n) is 5.70. The Morgan fingerprint density at radius 3 is 2.71 bits per heavy atom. The number of amides is 1. The van der Waals surface area contributed by atoms with Crippen LogP contribution >= 0.6 is 0 Å². The van der Waals surface area contributed by atoms with Crippen LogP contribution in [0.5, 0.6) is 0 Å². The predicted octanol–water partition coefficient (Wildman–Crippen LogP) is 2.88. The van der Waals surface area contributed by atoms with Crippen LogP contribution in [0.25, 0.3) is 0 Å². The largest absolute Gasteiger partial charge is 0.325 e. The van der Waals surface area contributed by atoms with Gasteiger partial charge in [0.15, 0.2) is 0 Å². The molecule has 0 saturated carbocycles. The van der Waals surface area contributed by atoms with Crippen LogP contribution in [0.1, 0.15) is 34.4 Å². The quantitative estimate of drug-likeness (QED) is 0.905. The molecule has 1 heterocycles. The van der Waals surface area contributed by atoms with Gasteiger partial charge in [-0.3, -0.25) is 9.59 Å². The van der Waals surface area contributed by atoms with Gasteiger partial charge in [0.2, 0.25) is 5.91 Å². The van der Waals surface area contributed by atoms with Crippen molar-refractivity contribution in [2.24, 2.45) is 0 Å². The van der Waals surface area contributed by atoms with Gasteiger partial charge in [0.25, 0.3) is 5.56 Å². The Kier molecular flexibility index (Phi) is 5.14. The van der Waals surface area contributed by atoms with Gasteiger partial charge in [-0.2, -0.15) is 5.26 Å². The lowest BCUT2D eigenvalue weighted by molar-refractivity contribution is -0.116.